The van der Waals surface area contributed by atoms with Gasteiger partial charge in [0.15, 0.2) is 9.84 Å². The molecule has 3 N–H and O–H groups in total. The molecular formula is C32H30N4O4S2. The summed E-state index contributed by atoms with van der Waals surface area (Å²) in [5.74, 6) is 0.287. The molecule has 2 unspecified atom stereocenters. The number of rotatable bonds is 6. The van der Waals surface area contributed by atoms with Crippen molar-refractivity contribution in [2.75, 3.05) is 27.5 Å². The highest BCUT2D eigenvalue weighted by Crippen LogP contribution is 2.38. The number of aromatic nitrogens is 1. The van der Waals surface area contributed by atoms with Crippen LogP contribution in [0.3, 0.4) is 0 Å². The maximum absolute atomic E-state index is 13.1. The third-order valence-corrected chi connectivity index (χ3v) is 10.1. The van der Waals surface area contributed by atoms with Gasteiger partial charge < -0.3 is 20.5 Å². The molecule has 0 saturated heterocycles. The fourth-order valence-corrected chi connectivity index (χ4v) is 7.54. The first-order valence-electron chi connectivity index (χ1n) is 13.6. The second-order valence-corrected chi connectivity index (χ2v) is 13.8. The molecule has 0 bridgehead atoms. The molecule has 2 heterocycles. The maximum atomic E-state index is 13.1. The molecule has 0 fully saturated rings. The van der Waals surface area contributed by atoms with Crippen LogP contribution in [0.15, 0.2) is 96.1 Å². The van der Waals surface area contributed by atoms with E-state index in [2.05, 4.69) is 15.6 Å². The number of anilines is 3. The van der Waals surface area contributed by atoms with E-state index in [9.17, 15) is 18.0 Å². The van der Waals surface area contributed by atoms with Crippen molar-refractivity contribution in [3.05, 3.63) is 102 Å². The summed E-state index contributed by atoms with van der Waals surface area (Å²) in [5.41, 5.74) is 5.47. The standard InChI is InChI=1S/C32H30N4O4S2/c1-20-8-9-23(15-30(20)42(2,39)40)22-10-12-26-25(14-22)27(17-33-26)35-32(38)34-24-11-13-29-28(16-24)36(31(37)19-41-29)18-21-6-4-3-5-7-21/h3-17,20,30,33H,18-19H2,1-2H3,(H2,34,35,38). The zero-order chi connectivity index (χ0) is 29.4. The van der Waals surface area contributed by atoms with Gasteiger partial charge in [-0.3, -0.25) is 4.79 Å². The van der Waals surface area contributed by atoms with Crippen molar-refractivity contribution < 1.29 is 18.0 Å². The van der Waals surface area contributed by atoms with Gasteiger partial charge in [0.05, 0.1) is 28.9 Å². The van der Waals surface area contributed by atoms with E-state index >= 15 is 0 Å². The number of amides is 3. The van der Waals surface area contributed by atoms with E-state index in [4.69, 9.17) is 0 Å². The summed E-state index contributed by atoms with van der Waals surface area (Å²) in [6.45, 7) is 2.35. The van der Waals surface area contributed by atoms with E-state index in [-0.39, 0.29) is 11.8 Å². The Bertz CT molecular complexity index is 1860. The third kappa shape index (κ3) is 5.73. The lowest BCUT2D eigenvalue weighted by molar-refractivity contribution is -0.116. The van der Waals surface area contributed by atoms with Gasteiger partial charge in [-0.1, -0.05) is 61.5 Å². The second-order valence-electron chi connectivity index (χ2n) is 10.6. The molecule has 42 heavy (non-hydrogen) atoms. The number of hydrogen-bond acceptors (Lipinski definition) is 5. The van der Waals surface area contributed by atoms with Gasteiger partial charge in [0, 0.05) is 33.9 Å². The smallest absolute Gasteiger partial charge is 0.323 e. The number of hydrogen-bond donors (Lipinski definition) is 3. The molecule has 1 aliphatic heterocycles. The number of fused-ring (bicyclic) bond motifs is 2. The minimum atomic E-state index is -3.25. The summed E-state index contributed by atoms with van der Waals surface area (Å²) >= 11 is 1.49. The predicted molar refractivity (Wildman–Crippen MR) is 171 cm³/mol. The summed E-state index contributed by atoms with van der Waals surface area (Å²) in [6.07, 6.45) is 8.65. The summed E-state index contributed by atoms with van der Waals surface area (Å²) in [4.78, 5) is 31.8. The van der Waals surface area contributed by atoms with Gasteiger partial charge in [0.1, 0.15) is 0 Å². The molecule has 0 saturated carbocycles. The van der Waals surface area contributed by atoms with E-state index in [1.54, 1.807) is 17.2 Å². The van der Waals surface area contributed by atoms with Crippen molar-refractivity contribution in [1.29, 1.82) is 0 Å². The van der Waals surface area contributed by atoms with Crippen LogP contribution in [0.2, 0.25) is 0 Å². The van der Waals surface area contributed by atoms with E-state index in [0.717, 1.165) is 38.2 Å². The number of allylic oxidation sites excluding steroid dienone is 3. The lowest BCUT2D eigenvalue weighted by atomic mass is 9.93. The fourth-order valence-electron chi connectivity index (χ4n) is 5.36. The minimum Gasteiger partial charge on any atom is -0.359 e. The van der Waals surface area contributed by atoms with Gasteiger partial charge in [0.25, 0.3) is 0 Å². The number of benzene rings is 3. The first-order valence-corrected chi connectivity index (χ1v) is 16.5. The first-order chi connectivity index (χ1) is 20.2. The van der Waals surface area contributed by atoms with Crippen molar-refractivity contribution in [3.8, 4) is 0 Å². The van der Waals surface area contributed by atoms with E-state index in [1.807, 2.05) is 85.8 Å². The van der Waals surface area contributed by atoms with Crippen molar-refractivity contribution in [1.82, 2.24) is 4.98 Å². The van der Waals surface area contributed by atoms with E-state index in [1.165, 1.54) is 18.0 Å². The number of carbonyl (C=O) groups is 2. The summed E-state index contributed by atoms with van der Waals surface area (Å²) in [5, 5.41) is 6.03. The molecule has 214 valence electrons. The monoisotopic (exact) mass is 598 g/mol. The molecule has 2 aliphatic rings. The van der Waals surface area contributed by atoms with Crippen LogP contribution in [0.1, 0.15) is 18.1 Å². The summed E-state index contributed by atoms with van der Waals surface area (Å²) in [7, 11) is -3.25. The molecule has 3 aromatic carbocycles. The average molecular weight is 599 g/mol. The lowest BCUT2D eigenvalue weighted by Gasteiger charge is -2.29. The molecule has 4 aromatic rings. The van der Waals surface area contributed by atoms with Gasteiger partial charge in [-0.2, -0.15) is 0 Å². The van der Waals surface area contributed by atoms with Gasteiger partial charge in [-0.25, -0.2) is 13.2 Å². The van der Waals surface area contributed by atoms with Crippen molar-refractivity contribution >= 4 is 67.1 Å². The fraction of sp³-hybridized carbons (Fsp3) is 0.188. The SMILES string of the molecule is CC1C=CC(c2ccc3[nH]cc(NC(=O)Nc4ccc5c(c4)N(Cc4ccccc4)C(=O)CS5)c3c2)=CC1S(C)(=O)=O. The molecule has 1 aromatic heterocycles. The van der Waals surface area contributed by atoms with E-state index < -0.39 is 21.1 Å². The van der Waals surface area contributed by atoms with Crippen molar-refractivity contribution in [2.45, 2.75) is 23.6 Å². The highest BCUT2D eigenvalue weighted by atomic mass is 32.2. The molecule has 0 spiro atoms. The zero-order valence-electron chi connectivity index (χ0n) is 23.1. The number of H-pyrrole nitrogens is 1. The van der Waals surface area contributed by atoms with Crippen LogP contribution >= 0.6 is 11.8 Å². The quantitative estimate of drug-likeness (QED) is 0.236. The Morgan fingerprint density at radius 2 is 1.88 bits per heavy atom. The summed E-state index contributed by atoms with van der Waals surface area (Å²) in [6, 6.07) is 20.8. The predicted octanol–water partition coefficient (Wildman–Crippen LogP) is 6.45. The molecule has 10 heteroatoms. The molecule has 0 radical (unpaired) electrons. The molecule has 2 atom stereocenters. The molecular weight excluding hydrogens is 569 g/mol. The van der Waals surface area contributed by atoms with Crippen LogP contribution in [0, 0.1) is 5.92 Å². The Labute approximate surface area is 248 Å². The Morgan fingerprint density at radius 3 is 2.67 bits per heavy atom. The minimum absolute atomic E-state index is 0.0211. The van der Waals surface area contributed by atoms with Crippen LogP contribution in [0.4, 0.5) is 21.9 Å². The van der Waals surface area contributed by atoms with Gasteiger partial charge in [-0.15, -0.1) is 11.8 Å². The van der Waals surface area contributed by atoms with Crippen LogP contribution in [-0.4, -0.2) is 42.6 Å². The number of sulfone groups is 1. The Morgan fingerprint density at radius 1 is 1.07 bits per heavy atom. The molecule has 3 amide bonds. The average Bonchev–Trinajstić information content (AvgIpc) is 3.36. The topological polar surface area (TPSA) is 111 Å². The van der Waals surface area contributed by atoms with Crippen LogP contribution < -0.4 is 15.5 Å². The third-order valence-electron chi connectivity index (χ3n) is 7.54. The second kappa shape index (κ2) is 11.2. The normalized spacial score (nSPS) is 18.5. The molecule has 6 rings (SSSR count). The number of nitrogens with one attached hydrogen (secondary N) is 3. The van der Waals surface area contributed by atoms with Crippen molar-refractivity contribution in [3.63, 3.8) is 0 Å². The van der Waals surface area contributed by atoms with Crippen LogP contribution in [0.25, 0.3) is 16.5 Å². The Balaban J connectivity index is 1.21. The highest BCUT2D eigenvalue weighted by Gasteiger charge is 2.27. The maximum Gasteiger partial charge on any atom is 0.323 e. The van der Waals surface area contributed by atoms with Gasteiger partial charge in [0.2, 0.25) is 5.91 Å². The molecule has 8 nitrogen and oxygen atoms in total. The number of aromatic amines is 1. The lowest BCUT2D eigenvalue weighted by Crippen LogP contribution is -2.34. The zero-order valence-corrected chi connectivity index (χ0v) is 24.8. The van der Waals surface area contributed by atoms with Crippen molar-refractivity contribution in [2.24, 2.45) is 5.92 Å². The largest absolute Gasteiger partial charge is 0.359 e. The highest BCUT2D eigenvalue weighted by molar-refractivity contribution is 8.00. The Kier molecular flexibility index (Phi) is 7.42. The summed E-state index contributed by atoms with van der Waals surface area (Å²) < 4.78 is 24.6. The molecule has 1 aliphatic carbocycles. The van der Waals surface area contributed by atoms with E-state index in [0.29, 0.717) is 23.7 Å². The number of urea groups is 1. The van der Waals surface area contributed by atoms with Crippen LogP contribution in [0.5, 0.6) is 0 Å². The number of carbonyl (C=O) groups excluding carboxylic acids is 2. The number of nitrogens with zero attached hydrogens (tertiary/aromatic N) is 1. The first kappa shape index (κ1) is 27.9. The van der Waals surface area contributed by atoms with Gasteiger partial charge in [-0.05, 0) is 52.9 Å². The van der Waals surface area contributed by atoms with Crippen LogP contribution in [-0.2, 0) is 21.2 Å². The van der Waals surface area contributed by atoms with Gasteiger partial charge >= 0.3 is 6.03 Å². The number of thioether (sulfide) groups is 1. The Hall–Kier alpha value is -4.28.